The summed E-state index contributed by atoms with van der Waals surface area (Å²) in [5.74, 6) is -6.27. The van der Waals surface area contributed by atoms with Crippen molar-refractivity contribution in [3.8, 4) is 0 Å². The fraction of sp³-hybridized carbons (Fsp3) is 0.476. The van der Waals surface area contributed by atoms with Crippen molar-refractivity contribution in [2.24, 2.45) is 5.92 Å². The Kier molecular flexibility index (Phi) is 7.31. The normalized spacial score (nSPS) is 18.1. The number of ether oxygens (including phenoxy) is 3. The van der Waals surface area contributed by atoms with Crippen molar-refractivity contribution in [3.05, 3.63) is 35.9 Å². The molecule has 1 amide bonds. The number of Topliss-reactive ketones (excluding diaryl/α,β-unsaturated/α-hetero) is 1. The quantitative estimate of drug-likeness (QED) is 0.248. The molecule has 1 aromatic rings. The summed E-state index contributed by atoms with van der Waals surface area (Å²) in [5, 5.41) is 0. The van der Waals surface area contributed by atoms with Gasteiger partial charge in [-0.2, -0.15) is 0 Å². The lowest BCUT2D eigenvalue weighted by molar-refractivity contribution is -0.210. The summed E-state index contributed by atoms with van der Waals surface area (Å²) in [6.45, 7) is 3.93. The predicted molar refractivity (Wildman–Crippen MR) is 103 cm³/mol. The predicted octanol–water partition coefficient (Wildman–Crippen LogP) is 0.683. The van der Waals surface area contributed by atoms with Gasteiger partial charge in [0.25, 0.3) is 5.54 Å². The molecule has 9 nitrogen and oxygen atoms in total. The first-order chi connectivity index (χ1) is 14.3. The zero-order valence-electron chi connectivity index (χ0n) is 17.4. The number of benzene rings is 1. The van der Waals surface area contributed by atoms with Crippen molar-refractivity contribution in [1.29, 1.82) is 0 Å². The van der Waals surface area contributed by atoms with E-state index in [0.717, 1.165) is 18.9 Å². The van der Waals surface area contributed by atoms with Crippen molar-refractivity contribution < 1.29 is 38.2 Å². The first-order valence-electron chi connectivity index (χ1n) is 9.57. The van der Waals surface area contributed by atoms with Crippen LogP contribution in [-0.2, 0) is 44.6 Å². The van der Waals surface area contributed by atoms with Gasteiger partial charge in [0.05, 0.1) is 20.3 Å². The molecule has 0 bridgehead atoms. The number of carbonyl (C=O) groups excluding carboxylic acids is 5. The molecule has 2 atom stereocenters. The van der Waals surface area contributed by atoms with Crippen LogP contribution in [0.4, 0.5) is 0 Å². The minimum Gasteiger partial charge on any atom is -0.467 e. The maximum atomic E-state index is 13.0. The molecule has 0 saturated carbocycles. The van der Waals surface area contributed by atoms with Crippen molar-refractivity contribution >= 4 is 29.6 Å². The minimum atomic E-state index is -2.39. The SMILES string of the molecule is CCOC(=O)C1(C(=O)OCC)C(C(C)=O)C(=O)N1C(Cc1ccccc1)C(=O)OC. The van der Waals surface area contributed by atoms with E-state index in [1.54, 1.807) is 30.3 Å². The van der Waals surface area contributed by atoms with Gasteiger partial charge in [0.2, 0.25) is 5.91 Å². The molecule has 0 aromatic heterocycles. The molecule has 2 unspecified atom stereocenters. The Morgan fingerprint density at radius 2 is 1.57 bits per heavy atom. The van der Waals surface area contributed by atoms with Gasteiger partial charge in [0.15, 0.2) is 0 Å². The van der Waals surface area contributed by atoms with Gasteiger partial charge in [-0.3, -0.25) is 9.59 Å². The molecule has 1 aliphatic heterocycles. The Labute approximate surface area is 174 Å². The van der Waals surface area contributed by atoms with Crippen LogP contribution in [0, 0.1) is 5.92 Å². The van der Waals surface area contributed by atoms with Crippen LogP contribution >= 0.6 is 0 Å². The fourth-order valence-electron chi connectivity index (χ4n) is 3.68. The molecule has 0 N–H and O–H groups in total. The summed E-state index contributed by atoms with van der Waals surface area (Å²) in [5.41, 5.74) is -1.73. The highest BCUT2D eigenvalue weighted by Gasteiger charge is 2.75. The molecular weight excluding hydrogens is 394 g/mol. The number of esters is 3. The molecule has 30 heavy (non-hydrogen) atoms. The molecule has 1 saturated heterocycles. The molecule has 9 heteroatoms. The third-order valence-electron chi connectivity index (χ3n) is 4.92. The number of β-lactam (4-membered cyclic amide) rings is 1. The van der Waals surface area contributed by atoms with Crippen LogP contribution in [0.3, 0.4) is 0 Å². The van der Waals surface area contributed by atoms with Gasteiger partial charge in [0, 0.05) is 6.42 Å². The highest BCUT2D eigenvalue weighted by atomic mass is 16.6. The Hall–Kier alpha value is -3.23. The lowest BCUT2D eigenvalue weighted by atomic mass is 9.69. The molecule has 1 aromatic carbocycles. The molecule has 1 fully saturated rings. The second-order valence-electron chi connectivity index (χ2n) is 6.69. The molecular formula is C21H25NO8. The van der Waals surface area contributed by atoms with Crippen molar-refractivity contribution in [1.82, 2.24) is 4.90 Å². The van der Waals surface area contributed by atoms with E-state index in [-0.39, 0.29) is 19.6 Å². The summed E-state index contributed by atoms with van der Waals surface area (Å²) < 4.78 is 14.9. The van der Waals surface area contributed by atoms with Gasteiger partial charge < -0.3 is 19.1 Å². The zero-order valence-corrected chi connectivity index (χ0v) is 17.4. The average Bonchev–Trinajstić information content (AvgIpc) is 2.71. The summed E-state index contributed by atoms with van der Waals surface area (Å²) in [4.78, 5) is 64.6. The molecule has 2 rings (SSSR count). The Morgan fingerprint density at radius 3 is 2.00 bits per heavy atom. The molecule has 1 aliphatic rings. The van der Waals surface area contributed by atoms with Crippen LogP contribution in [0.25, 0.3) is 0 Å². The number of amides is 1. The minimum absolute atomic E-state index is 0.0373. The van der Waals surface area contributed by atoms with E-state index < -0.39 is 47.1 Å². The largest absolute Gasteiger partial charge is 0.467 e. The monoisotopic (exact) mass is 419 g/mol. The van der Waals surface area contributed by atoms with Crippen LogP contribution in [0.2, 0.25) is 0 Å². The summed E-state index contributed by atoms with van der Waals surface area (Å²) in [6.07, 6.45) is -0.0373. The van der Waals surface area contributed by atoms with Gasteiger partial charge in [-0.15, -0.1) is 0 Å². The Balaban J connectivity index is 2.64. The summed E-state index contributed by atoms with van der Waals surface area (Å²) in [7, 11) is 1.13. The summed E-state index contributed by atoms with van der Waals surface area (Å²) >= 11 is 0. The van der Waals surface area contributed by atoms with Crippen molar-refractivity contribution in [2.75, 3.05) is 20.3 Å². The van der Waals surface area contributed by atoms with Gasteiger partial charge in [-0.05, 0) is 26.3 Å². The average molecular weight is 419 g/mol. The number of methoxy groups -OCH3 is 1. The van der Waals surface area contributed by atoms with Crippen LogP contribution in [0.1, 0.15) is 26.3 Å². The van der Waals surface area contributed by atoms with Gasteiger partial charge in [-0.25, -0.2) is 14.4 Å². The Bertz CT molecular complexity index is 817. The highest BCUT2D eigenvalue weighted by molar-refractivity contribution is 6.25. The molecule has 1 heterocycles. The zero-order chi connectivity index (χ0) is 22.5. The van der Waals surface area contributed by atoms with E-state index in [1.165, 1.54) is 13.8 Å². The van der Waals surface area contributed by atoms with Crippen LogP contribution in [0.5, 0.6) is 0 Å². The maximum Gasteiger partial charge on any atom is 0.345 e. The van der Waals surface area contributed by atoms with Gasteiger partial charge >= 0.3 is 17.9 Å². The van der Waals surface area contributed by atoms with E-state index >= 15 is 0 Å². The molecule has 162 valence electrons. The topological polar surface area (TPSA) is 116 Å². The van der Waals surface area contributed by atoms with E-state index in [2.05, 4.69) is 0 Å². The van der Waals surface area contributed by atoms with Crippen LogP contribution < -0.4 is 0 Å². The molecule has 0 spiro atoms. The van der Waals surface area contributed by atoms with E-state index in [9.17, 15) is 24.0 Å². The number of nitrogens with zero attached hydrogens (tertiary/aromatic N) is 1. The number of hydrogen-bond donors (Lipinski definition) is 0. The third-order valence-corrected chi connectivity index (χ3v) is 4.92. The van der Waals surface area contributed by atoms with E-state index in [4.69, 9.17) is 14.2 Å². The molecule has 0 radical (unpaired) electrons. The van der Waals surface area contributed by atoms with Crippen molar-refractivity contribution in [3.63, 3.8) is 0 Å². The van der Waals surface area contributed by atoms with Crippen molar-refractivity contribution in [2.45, 2.75) is 38.8 Å². The summed E-state index contributed by atoms with van der Waals surface area (Å²) in [6, 6.07) is 7.36. The number of likely N-dealkylation sites (tertiary alicyclic amines) is 1. The number of carbonyl (C=O) groups is 5. The first-order valence-corrected chi connectivity index (χ1v) is 9.57. The standard InChI is InChI=1S/C21H25NO8/c1-5-29-19(26)21(20(27)30-6-2)16(13(3)23)17(24)22(21)15(18(25)28-4)12-14-10-8-7-9-11-14/h7-11,15-16H,5-6,12H2,1-4H3. The van der Waals surface area contributed by atoms with Gasteiger partial charge in [-0.1, -0.05) is 30.3 Å². The maximum absolute atomic E-state index is 13.0. The van der Waals surface area contributed by atoms with Gasteiger partial charge in [0.1, 0.15) is 17.7 Å². The smallest absolute Gasteiger partial charge is 0.345 e. The fourth-order valence-corrected chi connectivity index (χ4v) is 3.68. The number of rotatable bonds is 9. The molecule has 0 aliphatic carbocycles. The first kappa shape index (κ1) is 23.1. The lowest BCUT2D eigenvalue weighted by Gasteiger charge is -2.54. The number of ketones is 1. The third kappa shape index (κ3) is 3.79. The highest BCUT2D eigenvalue weighted by Crippen LogP contribution is 2.43. The van der Waals surface area contributed by atoms with E-state index in [0.29, 0.717) is 5.56 Å². The van der Waals surface area contributed by atoms with E-state index in [1.807, 2.05) is 0 Å². The van der Waals surface area contributed by atoms with Crippen LogP contribution in [-0.4, -0.2) is 66.4 Å². The lowest BCUT2D eigenvalue weighted by Crippen LogP contribution is -2.83. The Morgan fingerprint density at radius 1 is 1.03 bits per heavy atom. The second kappa shape index (κ2) is 9.51. The second-order valence-corrected chi connectivity index (χ2v) is 6.69. The number of hydrogen-bond acceptors (Lipinski definition) is 8. The van der Waals surface area contributed by atoms with Crippen LogP contribution in [0.15, 0.2) is 30.3 Å².